The number of benzene rings is 3. The van der Waals surface area contributed by atoms with Crippen LogP contribution in [0.15, 0.2) is 106 Å². The van der Waals surface area contributed by atoms with Crippen molar-refractivity contribution < 1.29 is 22.4 Å². The molecule has 0 saturated heterocycles. The topological polar surface area (TPSA) is 99.4 Å². The fourth-order valence-electron chi connectivity index (χ4n) is 3.59. The van der Waals surface area contributed by atoms with Crippen LogP contribution >= 0.6 is 23.5 Å². The van der Waals surface area contributed by atoms with Gasteiger partial charge in [-0.3, -0.25) is 0 Å². The molecular formula is C27H21BrFN4O4P. The van der Waals surface area contributed by atoms with E-state index in [9.17, 15) is 8.96 Å². The minimum atomic E-state index is -4.15. The molecule has 11 heteroatoms. The number of pyridine rings is 1. The lowest BCUT2D eigenvalue weighted by molar-refractivity contribution is 0.375. The second-order valence-electron chi connectivity index (χ2n) is 8.16. The SMILES string of the molecule is Cc1cc(C(Nc2nnc(-c3cccc(Br)n3)o2)P(=O)(Oc2ccccc2)Oc2ccccc2)ccc1F. The van der Waals surface area contributed by atoms with Crippen LogP contribution < -0.4 is 14.4 Å². The molecule has 0 radical (unpaired) electrons. The lowest BCUT2D eigenvalue weighted by Crippen LogP contribution is -2.18. The highest BCUT2D eigenvalue weighted by Crippen LogP contribution is 2.60. The van der Waals surface area contributed by atoms with Crippen molar-refractivity contribution in [3.8, 4) is 23.1 Å². The van der Waals surface area contributed by atoms with Crippen molar-refractivity contribution in [1.82, 2.24) is 15.2 Å². The van der Waals surface area contributed by atoms with Gasteiger partial charge in [-0.1, -0.05) is 59.7 Å². The summed E-state index contributed by atoms with van der Waals surface area (Å²) in [6.45, 7) is 1.61. The Bertz CT molecular complexity index is 1540. The van der Waals surface area contributed by atoms with E-state index >= 15 is 0 Å². The summed E-state index contributed by atoms with van der Waals surface area (Å²) in [5.74, 6) is -0.781. The lowest BCUT2D eigenvalue weighted by Gasteiger charge is -2.28. The molecule has 2 aromatic heterocycles. The van der Waals surface area contributed by atoms with E-state index in [1.807, 2.05) is 12.1 Å². The number of anilines is 1. The van der Waals surface area contributed by atoms with Gasteiger partial charge in [-0.05, 0) is 76.4 Å². The number of rotatable bonds is 9. The minimum Gasteiger partial charge on any atom is -0.414 e. The van der Waals surface area contributed by atoms with Gasteiger partial charge in [-0.25, -0.2) is 13.9 Å². The summed E-state index contributed by atoms with van der Waals surface area (Å²) in [7, 11) is -4.15. The highest BCUT2D eigenvalue weighted by molar-refractivity contribution is 9.10. The summed E-state index contributed by atoms with van der Waals surface area (Å²) in [6.07, 6.45) is 0. The molecule has 1 unspecified atom stereocenters. The number of nitrogens with one attached hydrogen (secondary N) is 1. The van der Waals surface area contributed by atoms with Gasteiger partial charge < -0.3 is 18.8 Å². The molecular weight excluding hydrogens is 574 g/mol. The quantitative estimate of drug-likeness (QED) is 0.136. The van der Waals surface area contributed by atoms with Gasteiger partial charge >= 0.3 is 13.6 Å². The first-order chi connectivity index (χ1) is 18.4. The van der Waals surface area contributed by atoms with Crippen molar-refractivity contribution in [2.75, 3.05) is 5.32 Å². The van der Waals surface area contributed by atoms with Gasteiger partial charge in [0.25, 0.3) is 5.89 Å². The zero-order valence-electron chi connectivity index (χ0n) is 20.0. The van der Waals surface area contributed by atoms with E-state index in [2.05, 4.69) is 36.4 Å². The normalized spacial score (nSPS) is 12.1. The molecule has 0 bridgehead atoms. The molecule has 2 heterocycles. The van der Waals surface area contributed by atoms with Gasteiger partial charge in [0.05, 0.1) is 0 Å². The standard InChI is InChI=1S/C27H21BrFN4O4P/c1-18-17-19(15-16-22(18)29)26(31-27-33-32-25(35-27)23-13-8-14-24(28)30-23)38(34,36-20-9-4-2-5-10-20)37-21-11-6-3-7-12-21/h2-17,26H,1H3,(H,31,33). The van der Waals surface area contributed by atoms with Crippen molar-refractivity contribution in [3.05, 3.63) is 119 Å². The fraction of sp³-hybridized carbons (Fsp3) is 0.0741. The number of para-hydroxylation sites is 2. The Kier molecular flexibility index (Phi) is 7.53. The molecule has 5 aromatic rings. The Morgan fingerprint density at radius 2 is 1.55 bits per heavy atom. The van der Waals surface area contributed by atoms with Gasteiger partial charge in [0, 0.05) is 0 Å². The van der Waals surface area contributed by atoms with Crippen LogP contribution in [0.5, 0.6) is 11.5 Å². The average Bonchev–Trinajstić information content (AvgIpc) is 3.39. The van der Waals surface area contributed by atoms with Crippen LogP contribution in [0.25, 0.3) is 11.6 Å². The van der Waals surface area contributed by atoms with Crippen LogP contribution in [0.3, 0.4) is 0 Å². The largest absolute Gasteiger partial charge is 0.457 e. The van der Waals surface area contributed by atoms with E-state index in [1.54, 1.807) is 79.7 Å². The molecule has 5 rings (SSSR count). The molecule has 0 aliphatic rings. The predicted octanol–water partition coefficient (Wildman–Crippen LogP) is 7.80. The third-order valence-electron chi connectivity index (χ3n) is 5.39. The van der Waals surface area contributed by atoms with E-state index in [1.165, 1.54) is 12.1 Å². The molecule has 0 fully saturated rings. The van der Waals surface area contributed by atoms with E-state index in [4.69, 9.17) is 13.5 Å². The Morgan fingerprint density at radius 3 is 2.16 bits per heavy atom. The van der Waals surface area contributed by atoms with Gasteiger partial charge in [0.1, 0.15) is 27.6 Å². The molecule has 8 nitrogen and oxygen atoms in total. The molecule has 0 aliphatic heterocycles. The average molecular weight is 595 g/mol. The van der Waals surface area contributed by atoms with Crippen LogP contribution in [-0.4, -0.2) is 15.2 Å². The summed E-state index contributed by atoms with van der Waals surface area (Å²) >= 11 is 3.32. The predicted molar refractivity (Wildman–Crippen MR) is 144 cm³/mol. The molecule has 0 spiro atoms. The van der Waals surface area contributed by atoms with Gasteiger partial charge in [0.15, 0.2) is 5.78 Å². The van der Waals surface area contributed by atoms with Gasteiger partial charge in [0.2, 0.25) is 0 Å². The fourth-order valence-corrected chi connectivity index (χ4v) is 5.81. The second-order valence-corrected chi connectivity index (χ2v) is 10.9. The number of hydrogen-bond acceptors (Lipinski definition) is 8. The van der Waals surface area contributed by atoms with Crippen LogP contribution in [0.4, 0.5) is 10.4 Å². The highest BCUT2D eigenvalue weighted by atomic mass is 79.9. The first-order valence-corrected chi connectivity index (χ1v) is 13.9. The Hall–Kier alpha value is -4.01. The number of halogens is 2. The van der Waals surface area contributed by atoms with Crippen molar-refractivity contribution in [1.29, 1.82) is 0 Å². The first-order valence-electron chi connectivity index (χ1n) is 11.5. The molecule has 192 valence electrons. The molecule has 3 aromatic carbocycles. The maximum Gasteiger partial charge on any atom is 0.457 e. The van der Waals surface area contributed by atoms with Crippen LogP contribution in [0, 0.1) is 12.7 Å². The molecule has 38 heavy (non-hydrogen) atoms. The molecule has 1 atom stereocenters. The van der Waals surface area contributed by atoms with Crippen LogP contribution in [0.1, 0.15) is 16.9 Å². The van der Waals surface area contributed by atoms with Crippen LogP contribution in [0.2, 0.25) is 0 Å². The molecule has 1 N–H and O–H groups in total. The van der Waals surface area contributed by atoms with Gasteiger partial charge in [-0.15, -0.1) is 5.10 Å². The van der Waals surface area contributed by atoms with E-state index in [0.29, 0.717) is 32.9 Å². The lowest BCUT2D eigenvalue weighted by atomic mass is 10.1. The summed E-state index contributed by atoms with van der Waals surface area (Å²) in [5.41, 5.74) is 1.22. The first kappa shape index (κ1) is 25.6. The Labute approximate surface area is 226 Å². The smallest absolute Gasteiger partial charge is 0.414 e. The Morgan fingerprint density at radius 1 is 0.895 bits per heavy atom. The van der Waals surface area contributed by atoms with Crippen LogP contribution in [-0.2, 0) is 4.57 Å². The summed E-state index contributed by atoms with van der Waals surface area (Å²) in [6, 6.07) is 26.9. The van der Waals surface area contributed by atoms with Crippen molar-refractivity contribution >= 4 is 29.5 Å². The zero-order chi connectivity index (χ0) is 26.5. The molecule has 0 aliphatic carbocycles. The minimum absolute atomic E-state index is 0.0534. The van der Waals surface area contributed by atoms with Crippen molar-refractivity contribution in [3.63, 3.8) is 0 Å². The third kappa shape index (κ3) is 5.93. The van der Waals surface area contributed by atoms with E-state index in [0.717, 1.165) is 0 Å². The molecule has 0 saturated carbocycles. The third-order valence-corrected chi connectivity index (χ3v) is 7.82. The number of aromatic nitrogens is 3. The van der Waals surface area contributed by atoms with E-state index < -0.39 is 19.2 Å². The number of nitrogens with zero attached hydrogens (tertiary/aromatic N) is 3. The second kappa shape index (κ2) is 11.2. The monoisotopic (exact) mass is 594 g/mol. The van der Waals surface area contributed by atoms with E-state index in [-0.39, 0.29) is 11.9 Å². The number of hydrogen-bond donors (Lipinski definition) is 1. The van der Waals surface area contributed by atoms with Crippen molar-refractivity contribution in [2.45, 2.75) is 12.7 Å². The number of aryl methyl sites for hydroxylation is 1. The maximum atomic E-state index is 14.7. The summed E-state index contributed by atoms with van der Waals surface area (Å²) in [4.78, 5) is 4.32. The maximum absolute atomic E-state index is 14.7. The van der Waals surface area contributed by atoms with Gasteiger partial charge in [-0.2, -0.15) is 0 Å². The van der Waals surface area contributed by atoms with Crippen molar-refractivity contribution in [2.24, 2.45) is 0 Å². The molecule has 0 amide bonds. The Balaban J connectivity index is 1.58. The summed E-state index contributed by atoms with van der Waals surface area (Å²) in [5, 5.41) is 11.1. The summed E-state index contributed by atoms with van der Waals surface area (Å²) < 4.78 is 47.3. The highest BCUT2D eigenvalue weighted by Gasteiger charge is 2.42. The zero-order valence-corrected chi connectivity index (χ0v) is 22.5.